The van der Waals surface area contributed by atoms with Crippen LogP contribution in [-0.4, -0.2) is 44.1 Å². The van der Waals surface area contributed by atoms with Crippen molar-refractivity contribution >= 4 is 29.0 Å². The highest BCUT2D eigenvalue weighted by Crippen LogP contribution is 2.23. The molecule has 0 saturated heterocycles. The third-order valence-corrected chi connectivity index (χ3v) is 4.64. The number of carbonyl (C=O) groups excluding carboxylic acids is 1. The number of tetrazole rings is 1. The van der Waals surface area contributed by atoms with Crippen molar-refractivity contribution in [3.8, 4) is 11.4 Å². The van der Waals surface area contributed by atoms with Crippen LogP contribution >= 0.6 is 11.3 Å². The molecule has 0 fully saturated rings. The first-order valence-electron chi connectivity index (χ1n) is 8.13. The molecule has 0 atom stereocenters. The molecule has 0 radical (unpaired) electrons. The van der Waals surface area contributed by atoms with E-state index in [1.165, 1.54) is 4.68 Å². The fourth-order valence-corrected chi connectivity index (χ4v) is 3.16. The van der Waals surface area contributed by atoms with E-state index >= 15 is 0 Å². The van der Waals surface area contributed by atoms with Gasteiger partial charge in [-0.1, -0.05) is 36.4 Å². The second-order valence-corrected chi connectivity index (χ2v) is 6.28. The van der Waals surface area contributed by atoms with Crippen molar-refractivity contribution < 1.29 is 4.79 Å². The predicted octanol–water partition coefficient (Wildman–Crippen LogP) is 3.27. The third-order valence-electron chi connectivity index (χ3n) is 3.82. The van der Waals surface area contributed by atoms with Gasteiger partial charge in [-0.2, -0.15) is 4.68 Å². The smallest absolute Gasteiger partial charge is 0.272 e. The summed E-state index contributed by atoms with van der Waals surface area (Å²) in [7, 11) is 0. The summed E-state index contributed by atoms with van der Waals surface area (Å²) in [5.41, 5.74) is 1.30. The number of aromatic nitrogens is 4. The van der Waals surface area contributed by atoms with Crippen molar-refractivity contribution in [1.29, 1.82) is 0 Å². The van der Waals surface area contributed by atoms with E-state index in [-0.39, 0.29) is 5.91 Å². The molecule has 6 nitrogen and oxygen atoms in total. The van der Waals surface area contributed by atoms with E-state index in [9.17, 15) is 4.79 Å². The van der Waals surface area contributed by atoms with Gasteiger partial charge in [0.1, 0.15) is 5.70 Å². The van der Waals surface area contributed by atoms with Gasteiger partial charge in [-0.15, -0.1) is 16.4 Å². The third kappa shape index (κ3) is 3.66. The first kappa shape index (κ1) is 17.0. The van der Waals surface area contributed by atoms with Gasteiger partial charge in [0.25, 0.3) is 5.91 Å². The Kier molecular flexibility index (Phi) is 5.35. The highest BCUT2D eigenvalue weighted by Gasteiger charge is 2.22. The molecule has 0 saturated carbocycles. The van der Waals surface area contributed by atoms with Crippen molar-refractivity contribution in [2.24, 2.45) is 0 Å². The molecule has 2 aromatic heterocycles. The van der Waals surface area contributed by atoms with Crippen LogP contribution in [0.25, 0.3) is 23.2 Å². The van der Waals surface area contributed by atoms with E-state index < -0.39 is 0 Å². The van der Waals surface area contributed by atoms with E-state index in [1.54, 1.807) is 16.2 Å². The Morgan fingerprint density at radius 3 is 2.56 bits per heavy atom. The van der Waals surface area contributed by atoms with Gasteiger partial charge in [0, 0.05) is 23.5 Å². The SMILES string of the molecule is CCN(CC)C(=O)/C(=C\c1cccs1)n1nnnc1-c1ccccc1. The molecule has 1 amide bonds. The Labute approximate surface area is 150 Å². The monoisotopic (exact) mass is 353 g/mol. The lowest BCUT2D eigenvalue weighted by molar-refractivity contribution is -0.125. The number of nitrogens with zero attached hydrogens (tertiary/aromatic N) is 5. The molecule has 128 valence electrons. The molecular weight excluding hydrogens is 334 g/mol. The van der Waals surface area contributed by atoms with Gasteiger partial charge in [-0.3, -0.25) is 4.79 Å². The van der Waals surface area contributed by atoms with E-state index in [2.05, 4.69) is 15.5 Å². The van der Waals surface area contributed by atoms with Crippen LogP contribution in [0.3, 0.4) is 0 Å². The Morgan fingerprint density at radius 1 is 1.16 bits per heavy atom. The Bertz CT molecular complexity index is 851. The number of thiophene rings is 1. The molecule has 3 aromatic rings. The number of amides is 1. The number of benzene rings is 1. The van der Waals surface area contributed by atoms with Crippen molar-refractivity contribution in [1.82, 2.24) is 25.1 Å². The van der Waals surface area contributed by atoms with E-state index in [0.29, 0.717) is 24.6 Å². The number of hydrogen-bond acceptors (Lipinski definition) is 5. The number of likely N-dealkylation sites (N-methyl/N-ethyl adjacent to an activating group) is 1. The first-order chi connectivity index (χ1) is 12.2. The van der Waals surface area contributed by atoms with Gasteiger partial charge in [-0.05, 0) is 41.8 Å². The van der Waals surface area contributed by atoms with Crippen LogP contribution in [0.4, 0.5) is 0 Å². The summed E-state index contributed by atoms with van der Waals surface area (Å²) in [4.78, 5) is 15.8. The average molecular weight is 353 g/mol. The van der Waals surface area contributed by atoms with E-state index in [0.717, 1.165) is 10.4 Å². The zero-order chi connectivity index (χ0) is 17.6. The average Bonchev–Trinajstić information content (AvgIpc) is 3.33. The van der Waals surface area contributed by atoms with Crippen LogP contribution in [0.15, 0.2) is 47.8 Å². The zero-order valence-corrected chi connectivity index (χ0v) is 15.0. The quantitative estimate of drug-likeness (QED) is 0.638. The maximum atomic E-state index is 13.1. The van der Waals surface area contributed by atoms with Crippen LogP contribution in [-0.2, 0) is 4.79 Å². The lowest BCUT2D eigenvalue weighted by Gasteiger charge is -2.20. The van der Waals surface area contributed by atoms with Crippen LogP contribution in [0.2, 0.25) is 0 Å². The molecule has 0 aliphatic rings. The van der Waals surface area contributed by atoms with Gasteiger partial charge < -0.3 is 4.90 Å². The maximum Gasteiger partial charge on any atom is 0.272 e. The minimum absolute atomic E-state index is 0.0946. The second kappa shape index (κ2) is 7.85. The summed E-state index contributed by atoms with van der Waals surface area (Å²) in [5, 5.41) is 14.0. The van der Waals surface area contributed by atoms with Crippen molar-refractivity contribution in [2.45, 2.75) is 13.8 Å². The summed E-state index contributed by atoms with van der Waals surface area (Å²) in [5.74, 6) is 0.451. The van der Waals surface area contributed by atoms with Crippen LogP contribution in [0, 0.1) is 0 Å². The summed E-state index contributed by atoms with van der Waals surface area (Å²) in [6, 6.07) is 13.5. The van der Waals surface area contributed by atoms with Crippen LogP contribution in [0.5, 0.6) is 0 Å². The molecular formula is C18H19N5OS. The molecule has 1 aromatic carbocycles. The number of rotatable bonds is 6. The van der Waals surface area contributed by atoms with Gasteiger partial charge in [0.05, 0.1) is 0 Å². The number of carbonyl (C=O) groups is 1. The summed E-state index contributed by atoms with van der Waals surface area (Å²) >= 11 is 1.57. The van der Waals surface area contributed by atoms with Gasteiger partial charge in [0.15, 0.2) is 5.82 Å². The van der Waals surface area contributed by atoms with Gasteiger partial charge in [0.2, 0.25) is 0 Å². The molecule has 0 bridgehead atoms. The second-order valence-electron chi connectivity index (χ2n) is 5.30. The Balaban J connectivity index is 2.11. The highest BCUT2D eigenvalue weighted by atomic mass is 32.1. The van der Waals surface area contributed by atoms with Crippen molar-refractivity contribution in [3.05, 3.63) is 52.7 Å². The Morgan fingerprint density at radius 2 is 1.92 bits per heavy atom. The fraction of sp³-hybridized carbons (Fsp3) is 0.222. The van der Waals surface area contributed by atoms with Crippen molar-refractivity contribution in [3.63, 3.8) is 0 Å². The Hall–Kier alpha value is -2.80. The highest BCUT2D eigenvalue weighted by molar-refractivity contribution is 7.10. The predicted molar refractivity (Wildman–Crippen MR) is 99.7 cm³/mol. The normalized spacial score (nSPS) is 11.5. The van der Waals surface area contributed by atoms with Crippen LogP contribution < -0.4 is 0 Å². The summed E-state index contributed by atoms with van der Waals surface area (Å²) in [6.45, 7) is 5.17. The van der Waals surface area contributed by atoms with Crippen molar-refractivity contribution in [2.75, 3.05) is 13.1 Å². The molecule has 0 unspecified atom stereocenters. The molecule has 0 N–H and O–H groups in total. The van der Waals surface area contributed by atoms with Crippen LogP contribution in [0.1, 0.15) is 18.7 Å². The topological polar surface area (TPSA) is 63.9 Å². The van der Waals surface area contributed by atoms with Gasteiger partial charge >= 0.3 is 0 Å². The summed E-state index contributed by atoms with van der Waals surface area (Å²) in [6.07, 6.45) is 1.84. The van der Waals surface area contributed by atoms with E-state index in [4.69, 9.17) is 0 Å². The first-order valence-corrected chi connectivity index (χ1v) is 9.01. The molecule has 2 heterocycles. The molecule has 0 aliphatic heterocycles. The molecule has 0 aliphatic carbocycles. The minimum atomic E-state index is -0.0946. The number of hydrogen-bond donors (Lipinski definition) is 0. The standard InChI is InChI=1S/C18H19N5OS/c1-3-22(4-2)18(24)16(13-15-11-8-12-25-15)23-17(19-20-21-23)14-9-6-5-7-10-14/h5-13H,3-4H2,1-2H3/b16-13+. The molecule has 3 rings (SSSR count). The maximum absolute atomic E-state index is 13.1. The lowest BCUT2D eigenvalue weighted by atomic mass is 10.2. The lowest BCUT2D eigenvalue weighted by Crippen LogP contribution is -2.33. The zero-order valence-electron chi connectivity index (χ0n) is 14.2. The largest absolute Gasteiger partial charge is 0.338 e. The fourth-order valence-electron chi connectivity index (χ4n) is 2.51. The molecule has 25 heavy (non-hydrogen) atoms. The van der Waals surface area contributed by atoms with Gasteiger partial charge in [-0.25, -0.2) is 0 Å². The van der Waals surface area contributed by atoms with E-state index in [1.807, 2.05) is 67.8 Å². The molecule has 0 spiro atoms. The summed E-state index contributed by atoms with van der Waals surface area (Å²) < 4.78 is 1.52. The molecule has 7 heteroatoms. The minimum Gasteiger partial charge on any atom is -0.338 e.